The van der Waals surface area contributed by atoms with Crippen LogP contribution < -0.4 is 19.1 Å². The number of ketones is 1. The van der Waals surface area contributed by atoms with E-state index in [1.54, 1.807) is 48.5 Å². The van der Waals surface area contributed by atoms with Crippen LogP contribution in [0.1, 0.15) is 17.4 Å². The second-order valence-corrected chi connectivity index (χ2v) is 6.95. The molecule has 1 N–H and O–H groups in total. The van der Waals surface area contributed by atoms with Crippen LogP contribution in [0.5, 0.6) is 17.2 Å². The highest BCUT2D eigenvalue weighted by molar-refractivity contribution is 6.51. The number of hydrogen-bond acceptors (Lipinski definition) is 7. The van der Waals surface area contributed by atoms with Gasteiger partial charge in [-0.1, -0.05) is 0 Å². The first-order valence-electron chi connectivity index (χ1n) is 9.71. The quantitative estimate of drug-likeness (QED) is 0.356. The highest BCUT2D eigenvalue weighted by Gasteiger charge is 2.48. The molecule has 1 amide bonds. The van der Waals surface area contributed by atoms with E-state index in [1.807, 2.05) is 0 Å². The van der Waals surface area contributed by atoms with Crippen LogP contribution in [0, 0.1) is 0 Å². The lowest BCUT2D eigenvalue weighted by molar-refractivity contribution is -0.132. The summed E-state index contributed by atoms with van der Waals surface area (Å²) in [7, 11) is 4.46. The molecule has 0 saturated carbocycles. The Labute approximate surface area is 184 Å². The summed E-state index contributed by atoms with van der Waals surface area (Å²) in [4.78, 5) is 27.5. The number of hydrogen-bond donors (Lipinski definition) is 1. The van der Waals surface area contributed by atoms with Crippen LogP contribution in [0.2, 0.25) is 0 Å². The minimum Gasteiger partial charge on any atom is -0.507 e. The zero-order valence-electron chi connectivity index (χ0n) is 17.7. The van der Waals surface area contributed by atoms with Crippen molar-refractivity contribution in [3.05, 3.63) is 77.8 Å². The number of nitrogens with zero attached hydrogens (tertiary/aromatic N) is 1. The fourth-order valence-electron chi connectivity index (χ4n) is 3.70. The summed E-state index contributed by atoms with van der Waals surface area (Å²) in [5, 5.41) is 11.2. The molecule has 1 aliphatic rings. The summed E-state index contributed by atoms with van der Waals surface area (Å²) in [6, 6.07) is 13.8. The first-order chi connectivity index (χ1) is 15.5. The van der Waals surface area contributed by atoms with E-state index in [2.05, 4.69) is 0 Å². The Morgan fingerprint density at radius 1 is 0.938 bits per heavy atom. The number of carbonyl (C=O) groups is 2. The van der Waals surface area contributed by atoms with Crippen LogP contribution >= 0.6 is 0 Å². The standard InChI is InChI=1S/C24H21NO7/c1-29-15-8-6-14(7-9-15)25-21(19-5-4-12-32-19)20(23(27)24(25)28)22(26)17-13-16(30-2)10-11-18(17)31-3/h4-13,21,26H,1-3H3/b22-20-. The molecule has 1 aromatic heterocycles. The summed E-state index contributed by atoms with van der Waals surface area (Å²) >= 11 is 0. The van der Waals surface area contributed by atoms with Gasteiger partial charge in [-0.3, -0.25) is 14.5 Å². The Morgan fingerprint density at radius 2 is 1.62 bits per heavy atom. The van der Waals surface area contributed by atoms with Crippen molar-refractivity contribution >= 4 is 23.1 Å². The molecule has 1 aliphatic heterocycles. The fourth-order valence-corrected chi connectivity index (χ4v) is 3.70. The lowest BCUT2D eigenvalue weighted by atomic mass is 9.98. The maximum atomic E-state index is 13.1. The first-order valence-corrected chi connectivity index (χ1v) is 9.71. The van der Waals surface area contributed by atoms with Gasteiger partial charge in [-0.05, 0) is 54.6 Å². The second-order valence-electron chi connectivity index (χ2n) is 6.95. The van der Waals surface area contributed by atoms with Gasteiger partial charge in [0.15, 0.2) is 0 Å². The number of anilines is 1. The number of Topliss-reactive ketones (excluding diaryl/α,β-unsaturated/α-hetero) is 1. The molecule has 3 aromatic rings. The summed E-state index contributed by atoms with van der Waals surface area (Å²) in [6.45, 7) is 0. The van der Waals surface area contributed by atoms with Crippen LogP contribution in [-0.4, -0.2) is 38.1 Å². The molecule has 1 fully saturated rings. The highest BCUT2D eigenvalue weighted by atomic mass is 16.5. The van der Waals surface area contributed by atoms with Gasteiger partial charge in [0.05, 0.1) is 38.7 Å². The summed E-state index contributed by atoms with van der Waals surface area (Å²) in [5.41, 5.74) is 0.550. The smallest absolute Gasteiger partial charge is 0.300 e. The maximum Gasteiger partial charge on any atom is 0.300 e. The fraction of sp³-hybridized carbons (Fsp3) is 0.167. The minimum atomic E-state index is -0.977. The molecule has 2 aromatic carbocycles. The van der Waals surface area contributed by atoms with Crippen LogP contribution in [-0.2, 0) is 9.59 Å². The van der Waals surface area contributed by atoms with E-state index in [1.165, 1.54) is 38.6 Å². The zero-order chi connectivity index (χ0) is 22.8. The molecule has 4 rings (SSSR count). The third-order valence-corrected chi connectivity index (χ3v) is 5.27. The van der Waals surface area contributed by atoms with Gasteiger partial charge < -0.3 is 23.7 Å². The number of aliphatic hydroxyl groups is 1. The lowest BCUT2D eigenvalue weighted by Gasteiger charge is -2.23. The number of benzene rings is 2. The zero-order valence-corrected chi connectivity index (χ0v) is 17.7. The molecule has 0 radical (unpaired) electrons. The predicted octanol–water partition coefficient (Wildman–Crippen LogP) is 3.93. The second kappa shape index (κ2) is 8.50. The third-order valence-electron chi connectivity index (χ3n) is 5.27. The van der Waals surface area contributed by atoms with Crippen molar-refractivity contribution in [2.75, 3.05) is 26.2 Å². The average molecular weight is 435 g/mol. The van der Waals surface area contributed by atoms with E-state index in [0.29, 0.717) is 28.7 Å². The van der Waals surface area contributed by atoms with Crippen LogP contribution in [0.4, 0.5) is 5.69 Å². The Bertz CT molecular complexity index is 1180. The van der Waals surface area contributed by atoms with Gasteiger partial charge in [0.1, 0.15) is 34.8 Å². The van der Waals surface area contributed by atoms with Crippen molar-refractivity contribution in [2.24, 2.45) is 0 Å². The van der Waals surface area contributed by atoms with Gasteiger partial charge in [0, 0.05) is 5.69 Å². The molecule has 2 heterocycles. The Balaban J connectivity index is 1.93. The van der Waals surface area contributed by atoms with Crippen molar-refractivity contribution in [1.82, 2.24) is 0 Å². The van der Waals surface area contributed by atoms with E-state index >= 15 is 0 Å². The van der Waals surface area contributed by atoms with E-state index in [-0.39, 0.29) is 11.1 Å². The molecule has 1 saturated heterocycles. The van der Waals surface area contributed by atoms with Gasteiger partial charge in [0.25, 0.3) is 11.7 Å². The normalized spacial score (nSPS) is 17.5. The first kappa shape index (κ1) is 21.0. The highest BCUT2D eigenvalue weighted by Crippen LogP contribution is 2.44. The molecule has 1 unspecified atom stereocenters. The van der Waals surface area contributed by atoms with E-state index in [4.69, 9.17) is 18.6 Å². The average Bonchev–Trinajstić information content (AvgIpc) is 3.45. The molecule has 0 spiro atoms. The van der Waals surface area contributed by atoms with Crippen LogP contribution in [0.15, 0.2) is 70.9 Å². The van der Waals surface area contributed by atoms with Gasteiger partial charge in [0.2, 0.25) is 0 Å². The number of carbonyl (C=O) groups excluding carboxylic acids is 2. The predicted molar refractivity (Wildman–Crippen MR) is 116 cm³/mol. The number of rotatable bonds is 6. The van der Waals surface area contributed by atoms with Crippen molar-refractivity contribution in [1.29, 1.82) is 0 Å². The Morgan fingerprint density at radius 3 is 2.22 bits per heavy atom. The number of methoxy groups -OCH3 is 3. The van der Waals surface area contributed by atoms with Crippen LogP contribution in [0.3, 0.4) is 0 Å². The number of furan rings is 1. The Hall–Kier alpha value is -4.20. The Kier molecular flexibility index (Phi) is 5.59. The number of aliphatic hydroxyl groups excluding tert-OH is 1. The van der Waals surface area contributed by atoms with Crippen molar-refractivity contribution in [3.8, 4) is 17.2 Å². The SMILES string of the molecule is COc1ccc(N2C(=O)C(=O)/C(=C(\O)c3cc(OC)ccc3OC)C2c2ccco2)cc1. The molecule has 0 aliphatic carbocycles. The minimum absolute atomic E-state index is 0.118. The topological polar surface area (TPSA) is 98.4 Å². The summed E-state index contributed by atoms with van der Waals surface area (Å²) in [6.07, 6.45) is 1.44. The molecule has 8 nitrogen and oxygen atoms in total. The van der Waals surface area contributed by atoms with Gasteiger partial charge in [-0.2, -0.15) is 0 Å². The number of amides is 1. The van der Waals surface area contributed by atoms with E-state index in [0.717, 1.165) is 0 Å². The number of ether oxygens (including phenoxy) is 3. The summed E-state index contributed by atoms with van der Waals surface area (Å²) in [5.74, 6) is -0.339. The van der Waals surface area contributed by atoms with Gasteiger partial charge >= 0.3 is 0 Å². The molecular formula is C24H21NO7. The third kappa shape index (κ3) is 3.45. The van der Waals surface area contributed by atoms with E-state index in [9.17, 15) is 14.7 Å². The maximum absolute atomic E-state index is 13.1. The summed E-state index contributed by atoms with van der Waals surface area (Å²) < 4.78 is 21.3. The molecule has 8 heteroatoms. The molecule has 164 valence electrons. The molecule has 32 heavy (non-hydrogen) atoms. The monoisotopic (exact) mass is 435 g/mol. The largest absolute Gasteiger partial charge is 0.507 e. The van der Waals surface area contributed by atoms with Crippen molar-refractivity contribution < 1.29 is 33.3 Å². The van der Waals surface area contributed by atoms with E-state index < -0.39 is 23.5 Å². The lowest BCUT2D eigenvalue weighted by Crippen LogP contribution is -2.29. The van der Waals surface area contributed by atoms with Crippen molar-refractivity contribution in [2.45, 2.75) is 6.04 Å². The molecule has 1 atom stereocenters. The van der Waals surface area contributed by atoms with Crippen LogP contribution in [0.25, 0.3) is 5.76 Å². The van der Waals surface area contributed by atoms with Gasteiger partial charge in [-0.15, -0.1) is 0 Å². The molecule has 0 bridgehead atoms. The molecular weight excluding hydrogens is 414 g/mol. The van der Waals surface area contributed by atoms with Crippen molar-refractivity contribution in [3.63, 3.8) is 0 Å². The van der Waals surface area contributed by atoms with Gasteiger partial charge in [-0.25, -0.2) is 0 Å².